The van der Waals surface area contributed by atoms with Gasteiger partial charge in [-0.1, -0.05) is 18.2 Å². The van der Waals surface area contributed by atoms with E-state index in [-0.39, 0.29) is 0 Å². The van der Waals surface area contributed by atoms with Crippen LogP contribution in [0, 0.1) is 0 Å². The maximum atomic E-state index is 5.17. The molecule has 2 heterocycles. The number of hydrogen-bond donors (Lipinski definition) is 2. The number of anilines is 1. The Bertz CT molecular complexity index is 981. The van der Waals surface area contributed by atoms with Gasteiger partial charge in [-0.3, -0.25) is 10.1 Å². The zero-order chi connectivity index (χ0) is 17.1. The van der Waals surface area contributed by atoms with E-state index in [1.54, 1.807) is 19.5 Å². The van der Waals surface area contributed by atoms with Gasteiger partial charge >= 0.3 is 0 Å². The first kappa shape index (κ1) is 15.1. The van der Waals surface area contributed by atoms with Crippen molar-refractivity contribution in [1.29, 1.82) is 0 Å². The van der Waals surface area contributed by atoms with Crippen molar-refractivity contribution in [3.63, 3.8) is 0 Å². The molecule has 0 fully saturated rings. The molecular formula is C19H17N5O. The van der Waals surface area contributed by atoms with Crippen molar-refractivity contribution >= 4 is 16.9 Å². The second-order valence-corrected chi connectivity index (χ2v) is 5.65. The summed E-state index contributed by atoms with van der Waals surface area (Å²) in [5.74, 6) is 1.60. The van der Waals surface area contributed by atoms with Gasteiger partial charge in [0.1, 0.15) is 11.6 Å². The van der Waals surface area contributed by atoms with E-state index in [0.717, 1.165) is 39.3 Å². The molecule has 0 saturated carbocycles. The SMILES string of the molecule is COc1ccc(CNc2cnc3cc(-c4cn[nH]c4)ccc3n2)cc1. The number of benzene rings is 2. The van der Waals surface area contributed by atoms with E-state index < -0.39 is 0 Å². The Morgan fingerprint density at radius 1 is 1.00 bits per heavy atom. The van der Waals surface area contributed by atoms with Gasteiger partial charge in [-0.05, 0) is 35.4 Å². The molecule has 6 nitrogen and oxygen atoms in total. The van der Waals surface area contributed by atoms with Gasteiger partial charge in [0.25, 0.3) is 0 Å². The summed E-state index contributed by atoms with van der Waals surface area (Å²) < 4.78 is 5.17. The molecule has 124 valence electrons. The number of aromatic amines is 1. The highest BCUT2D eigenvalue weighted by atomic mass is 16.5. The van der Waals surface area contributed by atoms with Crippen LogP contribution in [0.3, 0.4) is 0 Å². The molecular weight excluding hydrogens is 314 g/mol. The molecule has 4 rings (SSSR count). The number of hydrogen-bond acceptors (Lipinski definition) is 5. The fraction of sp³-hybridized carbons (Fsp3) is 0.105. The molecule has 2 aromatic heterocycles. The van der Waals surface area contributed by atoms with E-state index in [2.05, 4.69) is 25.5 Å². The monoisotopic (exact) mass is 331 g/mol. The first-order valence-corrected chi connectivity index (χ1v) is 7.94. The lowest BCUT2D eigenvalue weighted by atomic mass is 10.1. The second-order valence-electron chi connectivity index (χ2n) is 5.65. The van der Waals surface area contributed by atoms with Gasteiger partial charge in [-0.2, -0.15) is 5.10 Å². The molecule has 4 aromatic rings. The number of fused-ring (bicyclic) bond motifs is 1. The average molecular weight is 331 g/mol. The molecule has 0 atom stereocenters. The van der Waals surface area contributed by atoms with E-state index in [1.807, 2.05) is 48.7 Å². The number of H-pyrrole nitrogens is 1. The van der Waals surface area contributed by atoms with E-state index >= 15 is 0 Å². The van der Waals surface area contributed by atoms with Crippen LogP contribution >= 0.6 is 0 Å². The van der Waals surface area contributed by atoms with Crippen molar-refractivity contribution in [3.8, 4) is 16.9 Å². The van der Waals surface area contributed by atoms with Crippen molar-refractivity contribution in [1.82, 2.24) is 20.2 Å². The average Bonchev–Trinajstić information content (AvgIpc) is 3.21. The molecule has 0 bridgehead atoms. The number of aromatic nitrogens is 4. The van der Waals surface area contributed by atoms with Crippen LogP contribution in [0.1, 0.15) is 5.56 Å². The van der Waals surface area contributed by atoms with Gasteiger partial charge in [0.15, 0.2) is 0 Å². The number of ether oxygens (including phenoxy) is 1. The molecule has 0 aliphatic carbocycles. The highest BCUT2D eigenvalue weighted by molar-refractivity contribution is 5.81. The van der Waals surface area contributed by atoms with E-state index in [4.69, 9.17) is 4.74 Å². The minimum Gasteiger partial charge on any atom is -0.497 e. The van der Waals surface area contributed by atoms with Gasteiger partial charge in [0.05, 0.1) is 30.5 Å². The van der Waals surface area contributed by atoms with Crippen molar-refractivity contribution in [2.75, 3.05) is 12.4 Å². The van der Waals surface area contributed by atoms with Gasteiger partial charge in [0, 0.05) is 18.3 Å². The lowest BCUT2D eigenvalue weighted by Gasteiger charge is -2.08. The third kappa shape index (κ3) is 3.28. The molecule has 0 amide bonds. The molecule has 0 spiro atoms. The summed E-state index contributed by atoms with van der Waals surface area (Å²) in [7, 11) is 1.66. The third-order valence-electron chi connectivity index (χ3n) is 4.01. The second kappa shape index (κ2) is 6.60. The molecule has 6 heteroatoms. The van der Waals surface area contributed by atoms with Crippen molar-refractivity contribution in [2.24, 2.45) is 0 Å². The molecule has 2 N–H and O–H groups in total. The summed E-state index contributed by atoms with van der Waals surface area (Å²) >= 11 is 0. The maximum Gasteiger partial charge on any atom is 0.145 e. The molecule has 25 heavy (non-hydrogen) atoms. The Morgan fingerprint density at radius 3 is 2.64 bits per heavy atom. The lowest BCUT2D eigenvalue weighted by Crippen LogP contribution is -2.02. The van der Waals surface area contributed by atoms with Gasteiger partial charge in [0.2, 0.25) is 0 Å². The van der Waals surface area contributed by atoms with Crippen LogP contribution in [-0.2, 0) is 6.54 Å². The number of nitrogens with zero attached hydrogens (tertiary/aromatic N) is 3. The molecule has 0 aliphatic rings. The highest BCUT2D eigenvalue weighted by Crippen LogP contribution is 2.22. The van der Waals surface area contributed by atoms with Crippen molar-refractivity contribution in [3.05, 3.63) is 66.6 Å². The van der Waals surface area contributed by atoms with Crippen LogP contribution in [0.5, 0.6) is 5.75 Å². The Morgan fingerprint density at radius 2 is 1.88 bits per heavy atom. The fourth-order valence-corrected chi connectivity index (χ4v) is 2.62. The summed E-state index contributed by atoms with van der Waals surface area (Å²) in [6.45, 7) is 0.678. The zero-order valence-electron chi connectivity index (χ0n) is 13.7. The minimum absolute atomic E-state index is 0.678. The first-order chi connectivity index (χ1) is 12.3. The molecule has 0 aliphatic heterocycles. The quantitative estimate of drug-likeness (QED) is 0.584. The lowest BCUT2D eigenvalue weighted by molar-refractivity contribution is 0.414. The van der Waals surface area contributed by atoms with Crippen molar-refractivity contribution < 1.29 is 4.74 Å². The van der Waals surface area contributed by atoms with Gasteiger partial charge < -0.3 is 10.1 Å². The standard InChI is InChI=1S/C19H17N5O/c1-25-16-5-2-13(3-6-16)9-21-19-12-20-18-8-14(4-7-17(18)24-19)15-10-22-23-11-15/h2-8,10-12H,9H2,1H3,(H,21,24)(H,22,23). The van der Waals surface area contributed by atoms with Crippen LogP contribution < -0.4 is 10.1 Å². The smallest absolute Gasteiger partial charge is 0.145 e. The summed E-state index contributed by atoms with van der Waals surface area (Å²) in [6.07, 6.45) is 5.41. The summed E-state index contributed by atoms with van der Waals surface area (Å²) in [4.78, 5) is 9.14. The van der Waals surface area contributed by atoms with Crippen LogP contribution in [0.4, 0.5) is 5.82 Å². The van der Waals surface area contributed by atoms with Crippen LogP contribution in [0.2, 0.25) is 0 Å². The minimum atomic E-state index is 0.678. The molecule has 2 aromatic carbocycles. The van der Waals surface area contributed by atoms with E-state index in [9.17, 15) is 0 Å². The van der Waals surface area contributed by atoms with Gasteiger partial charge in [-0.15, -0.1) is 0 Å². The Balaban J connectivity index is 1.51. The molecule has 0 unspecified atom stereocenters. The van der Waals surface area contributed by atoms with E-state index in [1.165, 1.54) is 0 Å². The predicted molar refractivity (Wildman–Crippen MR) is 97.4 cm³/mol. The number of rotatable bonds is 5. The molecule has 0 saturated heterocycles. The Kier molecular flexibility index (Phi) is 4.00. The highest BCUT2D eigenvalue weighted by Gasteiger charge is 2.04. The summed E-state index contributed by atoms with van der Waals surface area (Å²) in [5, 5.41) is 10.1. The van der Waals surface area contributed by atoms with Crippen molar-refractivity contribution in [2.45, 2.75) is 6.54 Å². The third-order valence-corrected chi connectivity index (χ3v) is 4.01. The van der Waals surface area contributed by atoms with Gasteiger partial charge in [-0.25, -0.2) is 4.98 Å². The number of nitrogens with one attached hydrogen (secondary N) is 2. The van der Waals surface area contributed by atoms with Crippen LogP contribution in [-0.4, -0.2) is 27.3 Å². The summed E-state index contributed by atoms with van der Waals surface area (Å²) in [5.41, 5.74) is 4.96. The van der Waals surface area contributed by atoms with Crippen LogP contribution in [0.15, 0.2) is 61.1 Å². The normalized spacial score (nSPS) is 10.8. The predicted octanol–water partition coefficient (Wildman–Crippen LogP) is 3.64. The Labute approximate surface area is 144 Å². The zero-order valence-corrected chi connectivity index (χ0v) is 13.7. The largest absolute Gasteiger partial charge is 0.497 e. The first-order valence-electron chi connectivity index (χ1n) is 7.94. The maximum absolute atomic E-state index is 5.17. The summed E-state index contributed by atoms with van der Waals surface area (Å²) in [6, 6.07) is 14.0. The Hall–Kier alpha value is -3.41. The number of methoxy groups -OCH3 is 1. The van der Waals surface area contributed by atoms with Crippen LogP contribution in [0.25, 0.3) is 22.2 Å². The fourth-order valence-electron chi connectivity index (χ4n) is 2.62. The van der Waals surface area contributed by atoms with E-state index in [0.29, 0.717) is 6.54 Å². The topological polar surface area (TPSA) is 75.7 Å². The molecule has 0 radical (unpaired) electrons.